The molecule has 0 bridgehead atoms. The predicted octanol–water partition coefficient (Wildman–Crippen LogP) is 3.69. The molecule has 3 rings (SSSR count). The summed E-state index contributed by atoms with van der Waals surface area (Å²) in [4.78, 5) is 11.3. The van der Waals surface area contributed by atoms with E-state index in [1.807, 2.05) is 32.3 Å². The average molecular weight is 317 g/mol. The summed E-state index contributed by atoms with van der Waals surface area (Å²) in [5.41, 5.74) is 3.94. The van der Waals surface area contributed by atoms with E-state index in [4.69, 9.17) is 10.2 Å². The van der Waals surface area contributed by atoms with Gasteiger partial charge in [0.05, 0.1) is 23.7 Å². The molecular formula is C19H19N5. The highest BCUT2D eigenvalue weighted by Gasteiger charge is 2.08. The highest BCUT2D eigenvalue weighted by Crippen LogP contribution is 2.27. The SMILES string of the molecule is CN(C)c1ccc(-c2cc3ncccc3c(NCCC#N)n2)cc1. The summed E-state index contributed by atoms with van der Waals surface area (Å²) >= 11 is 0. The maximum absolute atomic E-state index is 8.73. The van der Waals surface area contributed by atoms with Crippen LogP contribution in [0.2, 0.25) is 0 Å². The summed E-state index contributed by atoms with van der Waals surface area (Å²) in [6, 6.07) is 16.3. The van der Waals surface area contributed by atoms with Crippen molar-refractivity contribution in [1.29, 1.82) is 5.26 Å². The molecule has 0 saturated heterocycles. The number of benzene rings is 1. The zero-order valence-electron chi connectivity index (χ0n) is 13.8. The number of fused-ring (bicyclic) bond motifs is 1. The molecule has 0 aliphatic carbocycles. The Hall–Kier alpha value is -3.13. The second-order valence-electron chi connectivity index (χ2n) is 5.70. The fraction of sp³-hybridized carbons (Fsp3) is 0.211. The van der Waals surface area contributed by atoms with Crippen molar-refractivity contribution in [3.63, 3.8) is 0 Å². The van der Waals surface area contributed by atoms with Crippen LogP contribution in [0.3, 0.4) is 0 Å². The van der Waals surface area contributed by atoms with E-state index in [0.29, 0.717) is 13.0 Å². The number of rotatable bonds is 5. The maximum Gasteiger partial charge on any atom is 0.136 e. The van der Waals surface area contributed by atoms with E-state index in [9.17, 15) is 0 Å². The number of nitrogens with zero attached hydrogens (tertiary/aromatic N) is 4. The molecule has 0 unspecified atom stereocenters. The van der Waals surface area contributed by atoms with Crippen LogP contribution in [0.1, 0.15) is 6.42 Å². The Morgan fingerprint density at radius 2 is 1.96 bits per heavy atom. The first-order chi connectivity index (χ1) is 11.7. The number of hydrogen-bond acceptors (Lipinski definition) is 5. The first-order valence-corrected chi connectivity index (χ1v) is 7.83. The summed E-state index contributed by atoms with van der Waals surface area (Å²) in [5.74, 6) is 0.766. The van der Waals surface area contributed by atoms with E-state index in [0.717, 1.165) is 33.7 Å². The maximum atomic E-state index is 8.73. The van der Waals surface area contributed by atoms with Gasteiger partial charge in [0.1, 0.15) is 5.82 Å². The van der Waals surface area contributed by atoms with Gasteiger partial charge >= 0.3 is 0 Å². The van der Waals surface area contributed by atoms with Crippen molar-refractivity contribution in [2.75, 3.05) is 30.9 Å². The summed E-state index contributed by atoms with van der Waals surface area (Å²) in [5, 5.41) is 12.9. The second-order valence-corrected chi connectivity index (χ2v) is 5.70. The summed E-state index contributed by atoms with van der Waals surface area (Å²) in [7, 11) is 4.04. The molecule has 0 aliphatic heterocycles. The molecule has 0 saturated carbocycles. The van der Waals surface area contributed by atoms with Gasteiger partial charge < -0.3 is 10.2 Å². The van der Waals surface area contributed by atoms with Gasteiger partial charge in [-0.2, -0.15) is 5.26 Å². The molecule has 5 nitrogen and oxygen atoms in total. The molecule has 24 heavy (non-hydrogen) atoms. The Labute approximate surface area is 141 Å². The summed E-state index contributed by atoms with van der Waals surface area (Å²) < 4.78 is 0. The van der Waals surface area contributed by atoms with Crippen molar-refractivity contribution in [2.24, 2.45) is 0 Å². The fourth-order valence-electron chi connectivity index (χ4n) is 2.53. The van der Waals surface area contributed by atoms with E-state index < -0.39 is 0 Å². The van der Waals surface area contributed by atoms with Crippen LogP contribution in [-0.2, 0) is 0 Å². The normalized spacial score (nSPS) is 10.4. The van der Waals surface area contributed by atoms with Crippen molar-refractivity contribution >= 4 is 22.4 Å². The lowest BCUT2D eigenvalue weighted by atomic mass is 10.1. The van der Waals surface area contributed by atoms with E-state index in [-0.39, 0.29) is 0 Å². The smallest absolute Gasteiger partial charge is 0.136 e. The van der Waals surface area contributed by atoms with Crippen LogP contribution >= 0.6 is 0 Å². The van der Waals surface area contributed by atoms with Crippen LogP contribution in [0.5, 0.6) is 0 Å². The van der Waals surface area contributed by atoms with Crippen LogP contribution in [0, 0.1) is 11.3 Å². The van der Waals surface area contributed by atoms with Gasteiger partial charge in [0, 0.05) is 43.5 Å². The number of aromatic nitrogens is 2. The van der Waals surface area contributed by atoms with Crippen LogP contribution in [0.15, 0.2) is 48.7 Å². The largest absolute Gasteiger partial charge is 0.378 e. The molecule has 2 aromatic heterocycles. The van der Waals surface area contributed by atoms with E-state index >= 15 is 0 Å². The zero-order valence-corrected chi connectivity index (χ0v) is 13.8. The van der Waals surface area contributed by atoms with Gasteiger partial charge in [-0.25, -0.2) is 4.98 Å². The Kier molecular flexibility index (Phi) is 4.57. The molecule has 0 radical (unpaired) electrons. The minimum absolute atomic E-state index is 0.436. The van der Waals surface area contributed by atoms with Gasteiger partial charge in [0.15, 0.2) is 0 Å². The molecule has 2 heterocycles. The van der Waals surface area contributed by atoms with Crippen molar-refractivity contribution < 1.29 is 0 Å². The first kappa shape index (κ1) is 15.8. The quantitative estimate of drug-likeness (QED) is 0.727. The minimum Gasteiger partial charge on any atom is -0.378 e. The number of nitrogens with one attached hydrogen (secondary N) is 1. The Balaban J connectivity index is 2.03. The third-order valence-corrected chi connectivity index (χ3v) is 3.81. The van der Waals surface area contributed by atoms with Crippen molar-refractivity contribution in [2.45, 2.75) is 6.42 Å². The average Bonchev–Trinajstić information content (AvgIpc) is 2.62. The van der Waals surface area contributed by atoms with Gasteiger partial charge in [-0.3, -0.25) is 4.98 Å². The zero-order chi connectivity index (χ0) is 16.9. The van der Waals surface area contributed by atoms with Crippen LogP contribution in [0.4, 0.5) is 11.5 Å². The topological polar surface area (TPSA) is 64.8 Å². The van der Waals surface area contributed by atoms with Crippen LogP contribution < -0.4 is 10.2 Å². The minimum atomic E-state index is 0.436. The summed E-state index contributed by atoms with van der Waals surface area (Å²) in [6.45, 7) is 0.566. The lowest BCUT2D eigenvalue weighted by molar-refractivity contribution is 1.06. The number of nitriles is 1. The van der Waals surface area contributed by atoms with E-state index in [1.54, 1.807) is 6.20 Å². The standard InChI is InChI=1S/C19H19N5/c1-24(2)15-8-6-14(7-9-15)17-13-18-16(5-3-11-21-18)19(23-17)22-12-4-10-20/h3,5-9,11,13H,4,12H2,1-2H3,(H,22,23). The third kappa shape index (κ3) is 3.28. The monoisotopic (exact) mass is 317 g/mol. The van der Waals surface area contributed by atoms with E-state index in [1.165, 1.54) is 0 Å². The molecule has 1 N–H and O–H groups in total. The first-order valence-electron chi connectivity index (χ1n) is 7.83. The van der Waals surface area contributed by atoms with Gasteiger partial charge in [-0.15, -0.1) is 0 Å². The lowest BCUT2D eigenvalue weighted by Crippen LogP contribution is -2.08. The molecule has 1 aromatic carbocycles. The molecular weight excluding hydrogens is 298 g/mol. The summed E-state index contributed by atoms with van der Waals surface area (Å²) in [6.07, 6.45) is 2.21. The van der Waals surface area contributed by atoms with Gasteiger partial charge in [-0.05, 0) is 30.3 Å². The Bertz CT molecular complexity index is 878. The number of pyridine rings is 2. The highest BCUT2D eigenvalue weighted by molar-refractivity contribution is 5.92. The molecule has 0 atom stereocenters. The van der Waals surface area contributed by atoms with Gasteiger partial charge in [0.2, 0.25) is 0 Å². The lowest BCUT2D eigenvalue weighted by Gasteiger charge is -2.13. The van der Waals surface area contributed by atoms with Crippen LogP contribution in [-0.4, -0.2) is 30.6 Å². The van der Waals surface area contributed by atoms with Crippen LogP contribution in [0.25, 0.3) is 22.2 Å². The Morgan fingerprint density at radius 1 is 1.17 bits per heavy atom. The fourth-order valence-corrected chi connectivity index (χ4v) is 2.53. The second kappa shape index (κ2) is 6.97. The molecule has 0 aliphatic rings. The molecule has 3 aromatic rings. The van der Waals surface area contributed by atoms with E-state index in [2.05, 4.69) is 45.5 Å². The van der Waals surface area contributed by atoms with Crippen molar-refractivity contribution in [3.8, 4) is 17.3 Å². The van der Waals surface area contributed by atoms with Crippen molar-refractivity contribution in [3.05, 3.63) is 48.7 Å². The molecule has 0 fully saturated rings. The molecule has 120 valence electrons. The Morgan fingerprint density at radius 3 is 2.67 bits per heavy atom. The molecule has 5 heteroatoms. The highest BCUT2D eigenvalue weighted by atomic mass is 15.1. The predicted molar refractivity (Wildman–Crippen MR) is 98.0 cm³/mol. The molecule has 0 amide bonds. The number of anilines is 2. The van der Waals surface area contributed by atoms with Gasteiger partial charge in [-0.1, -0.05) is 12.1 Å². The van der Waals surface area contributed by atoms with Gasteiger partial charge in [0.25, 0.3) is 0 Å². The van der Waals surface area contributed by atoms with Crippen molar-refractivity contribution in [1.82, 2.24) is 9.97 Å². The number of hydrogen-bond donors (Lipinski definition) is 1. The third-order valence-electron chi connectivity index (χ3n) is 3.81. The molecule has 0 spiro atoms.